The quantitative estimate of drug-likeness (QED) is 0.677. The Hall–Kier alpha value is -1.42. The molecular formula is C18H23N3O4S2. The van der Waals surface area contributed by atoms with Gasteiger partial charge in [-0.3, -0.25) is 0 Å². The summed E-state index contributed by atoms with van der Waals surface area (Å²) in [6.45, 7) is 1.98. The fraction of sp³-hybridized carbons (Fsp3) is 0.556. The zero-order valence-corrected chi connectivity index (χ0v) is 16.7. The number of piperidine rings is 1. The third kappa shape index (κ3) is 4.37. The summed E-state index contributed by atoms with van der Waals surface area (Å²) >= 11 is 1.47. The third-order valence-electron chi connectivity index (χ3n) is 4.86. The molecule has 2 fully saturated rings. The molecule has 3 heterocycles. The molecule has 0 radical (unpaired) electrons. The molecule has 2 saturated heterocycles. The van der Waals surface area contributed by atoms with Crippen molar-refractivity contribution in [2.75, 3.05) is 25.4 Å². The summed E-state index contributed by atoms with van der Waals surface area (Å²) in [6.07, 6.45) is 5.30. The number of hydrogen-bond donors (Lipinski definition) is 0. The van der Waals surface area contributed by atoms with Crippen molar-refractivity contribution >= 4 is 21.8 Å². The molecule has 0 amide bonds. The molecule has 0 saturated carbocycles. The first-order valence-electron chi connectivity index (χ1n) is 9.31. The molecule has 1 atom stereocenters. The molecule has 1 aromatic heterocycles. The van der Waals surface area contributed by atoms with Crippen molar-refractivity contribution in [2.24, 2.45) is 0 Å². The molecule has 27 heavy (non-hydrogen) atoms. The van der Waals surface area contributed by atoms with Crippen molar-refractivity contribution in [2.45, 2.75) is 48.3 Å². The fourth-order valence-corrected chi connectivity index (χ4v) is 5.76. The van der Waals surface area contributed by atoms with E-state index in [0.29, 0.717) is 29.8 Å². The van der Waals surface area contributed by atoms with Crippen LogP contribution in [-0.2, 0) is 14.8 Å². The van der Waals surface area contributed by atoms with Crippen molar-refractivity contribution in [3.05, 3.63) is 24.3 Å². The van der Waals surface area contributed by atoms with Gasteiger partial charge in [-0.25, -0.2) is 8.42 Å². The first-order chi connectivity index (χ1) is 13.1. The molecule has 4 rings (SSSR count). The lowest BCUT2D eigenvalue weighted by Crippen LogP contribution is -2.35. The van der Waals surface area contributed by atoms with Gasteiger partial charge in [0.15, 0.2) is 0 Å². The van der Waals surface area contributed by atoms with Crippen molar-refractivity contribution < 1.29 is 17.6 Å². The molecule has 0 spiro atoms. The Labute approximate surface area is 163 Å². The van der Waals surface area contributed by atoms with Gasteiger partial charge in [-0.2, -0.15) is 4.31 Å². The monoisotopic (exact) mass is 409 g/mol. The van der Waals surface area contributed by atoms with Crippen LogP contribution < -0.4 is 0 Å². The van der Waals surface area contributed by atoms with E-state index in [9.17, 15) is 8.42 Å². The minimum Gasteiger partial charge on any atom is -0.411 e. The molecule has 2 aliphatic rings. The summed E-state index contributed by atoms with van der Waals surface area (Å²) in [7, 11) is -3.49. The normalized spacial score (nSPS) is 21.6. The van der Waals surface area contributed by atoms with E-state index in [1.807, 2.05) is 0 Å². The second-order valence-corrected chi connectivity index (χ2v) is 9.72. The van der Waals surface area contributed by atoms with Gasteiger partial charge in [-0.1, -0.05) is 24.2 Å². The van der Waals surface area contributed by atoms with Crippen LogP contribution in [0.1, 0.15) is 32.1 Å². The average molecular weight is 410 g/mol. The molecule has 0 unspecified atom stereocenters. The van der Waals surface area contributed by atoms with E-state index in [-0.39, 0.29) is 11.0 Å². The summed E-state index contributed by atoms with van der Waals surface area (Å²) in [6, 6.07) is 6.75. The molecule has 2 aromatic rings. The number of aromatic nitrogens is 2. The third-order valence-corrected chi connectivity index (χ3v) is 7.70. The summed E-state index contributed by atoms with van der Waals surface area (Å²) in [5.41, 5.74) is 0.615. The van der Waals surface area contributed by atoms with Crippen molar-refractivity contribution in [3.63, 3.8) is 0 Å². The van der Waals surface area contributed by atoms with Crippen LogP contribution in [0, 0.1) is 0 Å². The lowest BCUT2D eigenvalue weighted by molar-refractivity contribution is 0.128. The Morgan fingerprint density at radius 1 is 1.15 bits per heavy atom. The minimum atomic E-state index is -3.49. The predicted molar refractivity (Wildman–Crippen MR) is 102 cm³/mol. The van der Waals surface area contributed by atoms with Gasteiger partial charge in [-0.15, -0.1) is 10.2 Å². The van der Waals surface area contributed by atoms with Crippen LogP contribution in [0.2, 0.25) is 0 Å². The Kier molecular flexibility index (Phi) is 5.82. The number of sulfonamides is 1. The molecule has 0 N–H and O–H groups in total. The average Bonchev–Trinajstić information content (AvgIpc) is 3.39. The topological polar surface area (TPSA) is 85.5 Å². The maximum Gasteiger partial charge on any atom is 0.276 e. The van der Waals surface area contributed by atoms with E-state index in [1.54, 1.807) is 28.6 Å². The van der Waals surface area contributed by atoms with Gasteiger partial charge in [0, 0.05) is 31.0 Å². The second kappa shape index (κ2) is 8.30. The van der Waals surface area contributed by atoms with Gasteiger partial charge in [-0.05, 0) is 43.9 Å². The molecule has 7 nitrogen and oxygen atoms in total. The highest BCUT2D eigenvalue weighted by molar-refractivity contribution is 7.99. The summed E-state index contributed by atoms with van der Waals surface area (Å²) in [5, 5.41) is 8.62. The Bertz CT molecular complexity index is 872. The zero-order valence-electron chi connectivity index (χ0n) is 15.0. The predicted octanol–water partition coefficient (Wildman–Crippen LogP) is 3.18. The van der Waals surface area contributed by atoms with E-state index in [1.165, 1.54) is 11.8 Å². The van der Waals surface area contributed by atoms with Gasteiger partial charge >= 0.3 is 0 Å². The maximum absolute atomic E-state index is 12.9. The van der Waals surface area contributed by atoms with E-state index >= 15 is 0 Å². The van der Waals surface area contributed by atoms with Crippen LogP contribution in [0.5, 0.6) is 0 Å². The highest BCUT2D eigenvalue weighted by atomic mass is 32.2. The number of thioether (sulfide) groups is 1. The second-order valence-electron chi connectivity index (χ2n) is 6.81. The summed E-state index contributed by atoms with van der Waals surface area (Å²) < 4.78 is 38.6. The highest BCUT2D eigenvalue weighted by Gasteiger charge is 2.26. The standard InChI is InChI=1S/C18H23N3O4S2/c22-27(23,21-9-2-1-3-10-21)16-8-4-6-14(12-16)17-19-20-18(25-17)26-13-15-7-5-11-24-15/h4,6,8,12,15H,1-3,5,7,9-11,13H2/t15-/m1/s1. The van der Waals surface area contributed by atoms with Crippen LogP contribution in [0.25, 0.3) is 11.5 Å². The van der Waals surface area contributed by atoms with Crippen LogP contribution in [0.3, 0.4) is 0 Å². The van der Waals surface area contributed by atoms with Crippen molar-refractivity contribution in [3.8, 4) is 11.5 Å². The fourth-order valence-electron chi connectivity index (χ4n) is 3.37. The largest absolute Gasteiger partial charge is 0.411 e. The molecular weight excluding hydrogens is 386 g/mol. The Balaban J connectivity index is 1.49. The van der Waals surface area contributed by atoms with Crippen molar-refractivity contribution in [1.82, 2.24) is 14.5 Å². The van der Waals surface area contributed by atoms with Crippen molar-refractivity contribution in [1.29, 1.82) is 0 Å². The number of ether oxygens (including phenoxy) is 1. The summed E-state index contributed by atoms with van der Waals surface area (Å²) in [5.74, 6) is 1.12. The first kappa shape index (κ1) is 18.9. The van der Waals surface area contributed by atoms with Crippen LogP contribution in [-0.4, -0.2) is 54.5 Å². The zero-order chi connectivity index (χ0) is 18.7. The lowest BCUT2D eigenvalue weighted by atomic mass is 10.2. The van der Waals surface area contributed by atoms with Gasteiger partial charge < -0.3 is 9.15 Å². The smallest absolute Gasteiger partial charge is 0.276 e. The van der Waals surface area contributed by atoms with Crippen LogP contribution in [0.15, 0.2) is 38.8 Å². The molecule has 0 bridgehead atoms. The van der Waals surface area contributed by atoms with Crippen LogP contribution >= 0.6 is 11.8 Å². The van der Waals surface area contributed by atoms with E-state index in [2.05, 4.69) is 10.2 Å². The number of nitrogens with zero attached hydrogens (tertiary/aromatic N) is 3. The molecule has 9 heteroatoms. The molecule has 0 aliphatic carbocycles. The van der Waals surface area contributed by atoms with E-state index in [4.69, 9.17) is 9.15 Å². The first-order valence-corrected chi connectivity index (χ1v) is 11.7. The van der Waals surface area contributed by atoms with E-state index in [0.717, 1.165) is 44.5 Å². The van der Waals surface area contributed by atoms with Gasteiger partial charge in [0.05, 0.1) is 11.0 Å². The Morgan fingerprint density at radius 2 is 2.00 bits per heavy atom. The van der Waals surface area contributed by atoms with Gasteiger partial charge in [0.1, 0.15) is 0 Å². The minimum absolute atomic E-state index is 0.239. The van der Waals surface area contributed by atoms with Gasteiger partial charge in [0.25, 0.3) is 5.22 Å². The molecule has 146 valence electrons. The summed E-state index contributed by atoms with van der Waals surface area (Å²) in [4.78, 5) is 0.272. The van der Waals surface area contributed by atoms with Gasteiger partial charge in [0.2, 0.25) is 15.9 Å². The number of hydrogen-bond acceptors (Lipinski definition) is 7. The molecule has 2 aliphatic heterocycles. The lowest BCUT2D eigenvalue weighted by Gasteiger charge is -2.25. The van der Waals surface area contributed by atoms with Crippen LogP contribution in [0.4, 0.5) is 0 Å². The maximum atomic E-state index is 12.9. The van der Waals surface area contributed by atoms with E-state index < -0.39 is 10.0 Å². The number of benzene rings is 1. The molecule has 1 aromatic carbocycles. The Morgan fingerprint density at radius 3 is 2.78 bits per heavy atom. The number of rotatable bonds is 6. The highest BCUT2D eigenvalue weighted by Crippen LogP contribution is 2.28. The SMILES string of the molecule is O=S(=O)(c1cccc(-c2nnc(SC[C@H]3CCCO3)o2)c1)N1CCCCC1.